The van der Waals surface area contributed by atoms with Crippen molar-refractivity contribution in [2.45, 2.75) is 13.2 Å². The number of hydrogen-bond acceptors (Lipinski definition) is 5. The first-order valence-electron chi connectivity index (χ1n) is 10.1. The molecule has 1 aromatic heterocycles. The molecule has 2 aromatic carbocycles. The minimum absolute atomic E-state index is 0. The van der Waals surface area contributed by atoms with Gasteiger partial charge in [0.25, 0.3) is 0 Å². The zero-order valence-electron chi connectivity index (χ0n) is 18.3. The van der Waals surface area contributed by atoms with Gasteiger partial charge in [0, 0.05) is 19.8 Å². The van der Waals surface area contributed by atoms with E-state index in [1.54, 1.807) is 20.4 Å². The summed E-state index contributed by atoms with van der Waals surface area (Å²) in [5.74, 6) is 3.12. The smallest absolute Gasteiger partial charge is 0.191 e. The van der Waals surface area contributed by atoms with Crippen molar-refractivity contribution in [3.8, 4) is 17.2 Å². The molecule has 0 radical (unpaired) electrons. The molecule has 0 spiro atoms. The minimum atomic E-state index is 0. The zero-order valence-corrected chi connectivity index (χ0v) is 20.6. The Balaban J connectivity index is 0.00000363. The molecule has 0 saturated carbocycles. The number of nitrogens with zero attached hydrogens (tertiary/aromatic N) is 2. The topological polar surface area (TPSA) is 77.0 Å². The summed E-state index contributed by atoms with van der Waals surface area (Å²) >= 11 is 0. The highest BCUT2D eigenvalue weighted by molar-refractivity contribution is 14.0. The fourth-order valence-electron chi connectivity index (χ4n) is 2.80. The summed E-state index contributed by atoms with van der Waals surface area (Å²) in [5, 5.41) is 6.54. The van der Waals surface area contributed by atoms with E-state index in [1.807, 2.05) is 66.7 Å². The number of guanidine groups is 1. The summed E-state index contributed by atoms with van der Waals surface area (Å²) in [5.41, 5.74) is 1.99. The third-order valence-electron chi connectivity index (χ3n) is 4.42. The van der Waals surface area contributed by atoms with E-state index in [2.05, 4.69) is 20.6 Å². The van der Waals surface area contributed by atoms with Crippen LogP contribution in [0.15, 0.2) is 77.9 Å². The van der Waals surface area contributed by atoms with Gasteiger partial charge in [-0.15, -0.1) is 24.0 Å². The van der Waals surface area contributed by atoms with Crippen molar-refractivity contribution in [1.29, 1.82) is 0 Å². The van der Waals surface area contributed by atoms with E-state index >= 15 is 0 Å². The zero-order chi connectivity index (χ0) is 21.7. The molecule has 3 aromatic rings. The van der Waals surface area contributed by atoms with Crippen molar-refractivity contribution in [2.24, 2.45) is 4.99 Å². The predicted molar refractivity (Wildman–Crippen MR) is 137 cm³/mol. The Labute approximate surface area is 206 Å². The minimum Gasteiger partial charge on any atom is -0.497 e. The van der Waals surface area contributed by atoms with Gasteiger partial charge in [0.15, 0.2) is 5.96 Å². The molecule has 0 atom stereocenters. The molecule has 3 rings (SSSR count). The van der Waals surface area contributed by atoms with Gasteiger partial charge in [-0.3, -0.25) is 9.98 Å². The second-order valence-electron chi connectivity index (χ2n) is 6.63. The van der Waals surface area contributed by atoms with Crippen LogP contribution in [0.25, 0.3) is 0 Å². The van der Waals surface area contributed by atoms with Crippen LogP contribution in [-0.2, 0) is 13.2 Å². The summed E-state index contributed by atoms with van der Waals surface area (Å²) < 4.78 is 16.7. The second kappa shape index (κ2) is 14.1. The second-order valence-corrected chi connectivity index (χ2v) is 6.63. The van der Waals surface area contributed by atoms with Gasteiger partial charge in [-0.2, -0.15) is 0 Å². The Kier molecular flexibility index (Phi) is 11.1. The maximum absolute atomic E-state index is 5.84. The number of nitrogens with one attached hydrogen (secondary N) is 2. The van der Waals surface area contributed by atoms with E-state index < -0.39 is 0 Å². The van der Waals surface area contributed by atoms with E-state index in [0.29, 0.717) is 32.3 Å². The first kappa shape index (κ1) is 25.3. The highest BCUT2D eigenvalue weighted by Crippen LogP contribution is 2.17. The van der Waals surface area contributed by atoms with Crippen LogP contribution in [0.2, 0.25) is 0 Å². The van der Waals surface area contributed by atoms with Gasteiger partial charge in [0.05, 0.1) is 19.3 Å². The standard InChI is InChI=1S/C24H28N4O3.HI/c1-25-24(27-14-15-30-22-11-9-21(29-2)10-12-22)28-17-19-6-5-8-23(16-19)31-18-20-7-3-4-13-26-20;/h3-13,16H,14-15,17-18H2,1-2H3,(H2,25,27,28);1H. The Morgan fingerprint density at radius 2 is 1.72 bits per heavy atom. The van der Waals surface area contributed by atoms with Crippen molar-refractivity contribution in [1.82, 2.24) is 15.6 Å². The van der Waals surface area contributed by atoms with Gasteiger partial charge < -0.3 is 24.8 Å². The van der Waals surface area contributed by atoms with Crippen molar-refractivity contribution in [3.63, 3.8) is 0 Å². The van der Waals surface area contributed by atoms with Gasteiger partial charge in [0.2, 0.25) is 0 Å². The highest BCUT2D eigenvalue weighted by atomic mass is 127. The lowest BCUT2D eigenvalue weighted by molar-refractivity contribution is 0.301. The summed E-state index contributed by atoms with van der Waals surface area (Å²) in [4.78, 5) is 8.52. The van der Waals surface area contributed by atoms with E-state index in [1.165, 1.54) is 0 Å². The molecule has 7 nitrogen and oxygen atoms in total. The third kappa shape index (κ3) is 8.62. The lowest BCUT2D eigenvalue weighted by atomic mass is 10.2. The maximum atomic E-state index is 5.84. The average Bonchev–Trinajstić information content (AvgIpc) is 2.83. The van der Waals surface area contributed by atoms with E-state index in [9.17, 15) is 0 Å². The molecule has 32 heavy (non-hydrogen) atoms. The maximum Gasteiger partial charge on any atom is 0.191 e. The Hall–Kier alpha value is -3.01. The normalized spacial score (nSPS) is 10.6. The molecular weight excluding hydrogens is 519 g/mol. The molecular formula is C24H29IN4O3. The number of methoxy groups -OCH3 is 1. The number of pyridine rings is 1. The molecule has 0 fully saturated rings. The largest absolute Gasteiger partial charge is 0.497 e. The first-order valence-corrected chi connectivity index (χ1v) is 10.1. The van der Waals surface area contributed by atoms with Crippen LogP contribution in [0.3, 0.4) is 0 Å². The van der Waals surface area contributed by atoms with Crippen LogP contribution in [0, 0.1) is 0 Å². The Morgan fingerprint density at radius 1 is 0.906 bits per heavy atom. The van der Waals surface area contributed by atoms with E-state index in [-0.39, 0.29) is 24.0 Å². The third-order valence-corrected chi connectivity index (χ3v) is 4.42. The lowest BCUT2D eigenvalue weighted by Gasteiger charge is -2.13. The monoisotopic (exact) mass is 548 g/mol. The quantitative estimate of drug-likeness (QED) is 0.173. The molecule has 0 aliphatic heterocycles. The molecule has 0 unspecified atom stereocenters. The summed E-state index contributed by atoms with van der Waals surface area (Å²) in [7, 11) is 3.38. The molecule has 170 valence electrons. The first-order chi connectivity index (χ1) is 15.3. The van der Waals surface area contributed by atoms with Crippen LogP contribution < -0.4 is 24.8 Å². The lowest BCUT2D eigenvalue weighted by Crippen LogP contribution is -2.38. The summed E-state index contributed by atoms with van der Waals surface area (Å²) in [6.07, 6.45) is 1.76. The fourth-order valence-corrected chi connectivity index (χ4v) is 2.80. The SMILES string of the molecule is CN=C(NCCOc1ccc(OC)cc1)NCc1cccc(OCc2ccccn2)c1.I. The summed E-state index contributed by atoms with van der Waals surface area (Å²) in [6, 6.07) is 21.3. The van der Waals surface area contributed by atoms with Crippen LogP contribution in [0.4, 0.5) is 0 Å². The van der Waals surface area contributed by atoms with Gasteiger partial charge in [-0.05, 0) is 54.1 Å². The molecule has 8 heteroatoms. The van der Waals surface area contributed by atoms with Gasteiger partial charge in [0.1, 0.15) is 30.5 Å². The van der Waals surface area contributed by atoms with Crippen molar-refractivity contribution < 1.29 is 14.2 Å². The number of rotatable bonds is 10. The molecule has 2 N–H and O–H groups in total. The molecule has 0 aliphatic rings. The Bertz CT molecular complexity index is 953. The van der Waals surface area contributed by atoms with E-state index in [4.69, 9.17) is 14.2 Å². The van der Waals surface area contributed by atoms with Gasteiger partial charge >= 0.3 is 0 Å². The number of ether oxygens (including phenoxy) is 3. The predicted octanol–water partition coefficient (Wildman–Crippen LogP) is 4.03. The number of halogens is 1. The van der Waals surface area contributed by atoms with Crippen molar-refractivity contribution >= 4 is 29.9 Å². The average molecular weight is 548 g/mol. The molecule has 1 heterocycles. The highest BCUT2D eigenvalue weighted by Gasteiger charge is 2.02. The van der Waals surface area contributed by atoms with Gasteiger partial charge in [-0.25, -0.2) is 0 Å². The summed E-state index contributed by atoms with van der Waals surface area (Å²) in [6.45, 7) is 2.21. The van der Waals surface area contributed by atoms with E-state index in [0.717, 1.165) is 28.5 Å². The number of hydrogen-bond donors (Lipinski definition) is 2. The van der Waals surface area contributed by atoms with Crippen LogP contribution in [0.5, 0.6) is 17.2 Å². The molecule has 0 saturated heterocycles. The molecule has 0 bridgehead atoms. The van der Waals surface area contributed by atoms with Crippen molar-refractivity contribution in [3.05, 3.63) is 84.2 Å². The molecule has 0 aliphatic carbocycles. The number of aromatic nitrogens is 1. The number of aliphatic imine (C=N–C) groups is 1. The van der Waals surface area contributed by atoms with Crippen LogP contribution in [0.1, 0.15) is 11.3 Å². The van der Waals surface area contributed by atoms with Crippen LogP contribution in [-0.4, -0.2) is 38.3 Å². The van der Waals surface area contributed by atoms with Gasteiger partial charge in [-0.1, -0.05) is 18.2 Å². The van der Waals surface area contributed by atoms with Crippen molar-refractivity contribution in [2.75, 3.05) is 27.3 Å². The molecule has 0 amide bonds. The Morgan fingerprint density at radius 3 is 2.44 bits per heavy atom. The fraction of sp³-hybridized carbons (Fsp3) is 0.250. The number of benzene rings is 2. The van der Waals surface area contributed by atoms with Crippen LogP contribution >= 0.6 is 24.0 Å².